The highest BCUT2D eigenvalue weighted by Gasteiger charge is 2.69. The SMILES string of the molecule is CC(=O)Oc1ccc2c3c1O[C@H]1CCCC4(C=C2)NC(=O)C[C@]314. The van der Waals surface area contributed by atoms with Gasteiger partial charge in [-0.15, -0.1) is 0 Å². The fourth-order valence-corrected chi connectivity index (χ4v) is 5.12. The lowest BCUT2D eigenvalue weighted by molar-refractivity contribution is -0.132. The molecule has 1 spiro atoms. The molecule has 118 valence electrons. The average molecular weight is 311 g/mol. The van der Waals surface area contributed by atoms with Gasteiger partial charge in [-0.3, -0.25) is 9.59 Å². The van der Waals surface area contributed by atoms with Crippen LogP contribution in [0.1, 0.15) is 43.7 Å². The first-order valence-corrected chi connectivity index (χ1v) is 8.09. The van der Waals surface area contributed by atoms with Crippen LogP contribution in [0, 0.1) is 0 Å². The molecule has 3 atom stereocenters. The molecule has 5 nitrogen and oxygen atoms in total. The van der Waals surface area contributed by atoms with Crippen LogP contribution in [0.4, 0.5) is 0 Å². The van der Waals surface area contributed by atoms with Gasteiger partial charge in [0.25, 0.3) is 0 Å². The van der Waals surface area contributed by atoms with E-state index in [9.17, 15) is 9.59 Å². The Labute approximate surface area is 133 Å². The Kier molecular flexibility index (Phi) is 2.27. The van der Waals surface area contributed by atoms with E-state index in [0.29, 0.717) is 17.9 Å². The van der Waals surface area contributed by atoms with Gasteiger partial charge in [0.2, 0.25) is 5.91 Å². The highest BCUT2D eigenvalue weighted by Crippen LogP contribution is 2.64. The van der Waals surface area contributed by atoms with Crippen molar-refractivity contribution in [3.8, 4) is 11.5 Å². The summed E-state index contributed by atoms with van der Waals surface area (Å²) in [5.41, 5.74) is 1.38. The molecule has 0 aromatic heterocycles. The molecule has 1 aromatic rings. The van der Waals surface area contributed by atoms with Gasteiger partial charge in [0.1, 0.15) is 6.10 Å². The molecule has 5 heteroatoms. The Balaban J connectivity index is 1.80. The van der Waals surface area contributed by atoms with Crippen molar-refractivity contribution in [2.24, 2.45) is 0 Å². The van der Waals surface area contributed by atoms with E-state index in [2.05, 4.69) is 17.5 Å². The molecule has 1 unspecified atom stereocenters. The summed E-state index contributed by atoms with van der Waals surface area (Å²) in [4.78, 5) is 23.7. The summed E-state index contributed by atoms with van der Waals surface area (Å²) in [6.45, 7) is 1.39. The Bertz CT molecular complexity index is 798. The first kappa shape index (κ1) is 13.2. The molecule has 4 aliphatic rings. The summed E-state index contributed by atoms with van der Waals surface area (Å²) in [5, 5.41) is 3.21. The Morgan fingerprint density at radius 1 is 1.43 bits per heavy atom. The van der Waals surface area contributed by atoms with Gasteiger partial charge >= 0.3 is 5.97 Å². The normalized spacial score (nSPS) is 35.2. The second kappa shape index (κ2) is 3.96. The molecule has 23 heavy (non-hydrogen) atoms. The monoisotopic (exact) mass is 311 g/mol. The maximum atomic E-state index is 12.3. The number of ether oxygens (including phenoxy) is 2. The van der Waals surface area contributed by atoms with Gasteiger partial charge in [0.15, 0.2) is 11.5 Å². The molecule has 1 saturated heterocycles. The van der Waals surface area contributed by atoms with Gasteiger partial charge in [-0.2, -0.15) is 0 Å². The van der Waals surface area contributed by atoms with E-state index in [1.807, 2.05) is 6.07 Å². The summed E-state index contributed by atoms with van der Waals surface area (Å²) in [7, 11) is 0. The van der Waals surface area contributed by atoms with Crippen LogP contribution < -0.4 is 14.8 Å². The third kappa shape index (κ3) is 1.39. The summed E-state index contributed by atoms with van der Waals surface area (Å²) in [6.07, 6.45) is 7.44. The van der Waals surface area contributed by atoms with E-state index in [1.54, 1.807) is 6.07 Å². The largest absolute Gasteiger partial charge is 0.485 e. The zero-order chi connectivity index (χ0) is 15.8. The zero-order valence-electron chi connectivity index (χ0n) is 12.8. The minimum Gasteiger partial charge on any atom is -0.485 e. The smallest absolute Gasteiger partial charge is 0.308 e. The number of hydrogen-bond acceptors (Lipinski definition) is 4. The van der Waals surface area contributed by atoms with Crippen LogP contribution in [0.15, 0.2) is 18.2 Å². The van der Waals surface area contributed by atoms with E-state index in [-0.39, 0.29) is 28.9 Å². The second-order valence-corrected chi connectivity index (χ2v) is 6.95. The highest BCUT2D eigenvalue weighted by molar-refractivity contribution is 5.88. The van der Waals surface area contributed by atoms with Crippen LogP contribution in [0.3, 0.4) is 0 Å². The predicted molar refractivity (Wildman–Crippen MR) is 82.2 cm³/mol. The maximum absolute atomic E-state index is 12.3. The highest BCUT2D eigenvalue weighted by atomic mass is 16.6. The van der Waals surface area contributed by atoms with Crippen LogP contribution in [-0.4, -0.2) is 23.5 Å². The molecule has 0 bridgehead atoms. The average Bonchev–Trinajstić information content (AvgIpc) is 2.99. The van der Waals surface area contributed by atoms with Crippen molar-refractivity contribution in [3.63, 3.8) is 0 Å². The Hall–Kier alpha value is -2.30. The lowest BCUT2D eigenvalue weighted by Crippen LogP contribution is -2.61. The first-order chi connectivity index (χ1) is 11.1. The van der Waals surface area contributed by atoms with Crippen molar-refractivity contribution in [2.75, 3.05) is 0 Å². The van der Waals surface area contributed by atoms with Gasteiger partial charge in [0.05, 0.1) is 11.0 Å². The third-order valence-corrected chi connectivity index (χ3v) is 5.85. The number of benzene rings is 1. The third-order valence-electron chi connectivity index (χ3n) is 5.85. The molecule has 1 amide bonds. The molecule has 2 aliphatic carbocycles. The number of nitrogens with one attached hydrogen (secondary N) is 1. The first-order valence-electron chi connectivity index (χ1n) is 8.09. The minimum atomic E-state index is -0.365. The van der Waals surface area contributed by atoms with E-state index in [4.69, 9.17) is 9.47 Å². The number of rotatable bonds is 1. The second-order valence-electron chi connectivity index (χ2n) is 6.95. The standard InChI is InChI=1S/C18H17NO4/c1-10(20)22-12-5-4-11-6-8-17-7-2-3-13-18(17,9-14(21)19-17)15(11)16(12)23-13/h4-6,8,13H,2-3,7,9H2,1H3,(H,19,21)/t13-,17?,18+/m0/s1. The Morgan fingerprint density at radius 3 is 3.13 bits per heavy atom. The number of amides is 1. The van der Waals surface area contributed by atoms with Gasteiger partial charge in [-0.05, 0) is 30.9 Å². The van der Waals surface area contributed by atoms with Gasteiger partial charge in [-0.1, -0.05) is 18.2 Å². The van der Waals surface area contributed by atoms with Crippen molar-refractivity contribution in [3.05, 3.63) is 29.3 Å². The Morgan fingerprint density at radius 2 is 2.30 bits per heavy atom. The molecule has 2 aliphatic heterocycles. The number of esters is 1. The van der Waals surface area contributed by atoms with Gasteiger partial charge < -0.3 is 14.8 Å². The molecule has 2 fully saturated rings. The molecule has 5 rings (SSSR count). The number of hydrogen-bond donors (Lipinski definition) is 1. The van der Waals surface area contributed by atoms with Crippen LogP contribution >= 0.6 is 0 Å². The van der Waals surface area contributed by atoms with Crippen LogP contribution in [0.5, 0.6) is 11.5 Å². The number of carbonyl (C=O) groups excluding carboxylic acids is 2. The van der Waals surface area contributed by atoms with Crippen LogP contribution in [0.2, 0.25) is 0 Å². The summed E-state index contributed by atoms with van der Waals surface area (Å²) in [5.74, 6) is 0.817. The molecule has 1 N–H and O–H groups in total. The number of carbonyl (C=O) groups is 2. The van der Waals surface area contributed by atoms with Gasteiger partial charge in [-0.25, -0.2) is 0 Å². The van der Waals surface area contributed by atoms with E-state index in [0.717, 1.165) is 30.4 Å². The summed E-state index contributed by atoms with van der Waals surface area (Å²) >= 11 is 0. The van der Waals surface area contributed by atoms with Crippen molar-refractivity contribution >= 4 is 18.0 Å². The summed E-state index contributed by atoms with van der Waals surface area (Å²) in [6, 6.07) is 3.74. The fourth-order valence-electron chi connectivity index (χ4n) is 5.12. The van der Waals surface area contributed by atoms with Crippen molar-refractivity contribution < 1.29 is 19.1 Å². The molecular weight excluding hydrogens is 294 g/mol. The van der Waals surface area contributed by atoms with E-state index < -0.39 is 0 Å². The fraction of sp³-hybridized carbons (Fsp3) is 0.444. The molecule has 2 heterocycles. The molecule has 1 saturated carbocycles. The molecular formula is C18H17NO4. The minimum absolute atomic E-state index is 0.0504. The van der Waals surface area contributed by atoms with E-state index >= 15 is 0 Å². The lowest BCUT2D eigenvalue weighted by atomic mass is 9.55. The van der Waals surface area contributed by atoms with Crippen LogP contribution in [0.25, 0.3) is 6.08 Å². The lowest BCUT2D eigenvalue weighted by Gasteiger charge is -2.49. The maximum Gasteiger partial charge on any atom is 0.308 e. The quantitative estimate of drug-likeness (QED) is 0.637. The zero-order valence-corrected chi connectivity index (χ0v) is 12.8. The van der Waals surface area contributed by atoms with E-state index in [1.165, 1.54) is 6.92 Å². The summed E-state index contributed by atoms with van der Waals surface area (Å²) < 4.78 is 11.6. The molecule has 1 aromatic carbocycles. The van der Waals surface area contributed by atoms with Crippen molar-refractivity contribution in [1.82, 2.24) is 5.32 Å². The topological polar surface area (TPSA) is 64.6 Å². The predicted octanol–water partition coefficient (Wildman–Crippen LogP) is 2.08. The van der Waals surface area contributed by atoms with Gasteiger partial charge in [0, 0.05) is 18.9 Å². The van der Waals surface area contributed by atoms with Crippen LogP contribution in [-0.2, 0) is 15.0 Å². The van der Waals surface area contributed by atoms with Crippen molar-refractivity contribution in [1.29, 1.82) is 0 Å². The van der Waals surface area contributed by atoms with Crippen molar-refractivity contribution in [2.45, 2.75) is 49.7 Å². The molecule has 0 radical (unpaired) electrons.